The third-order valence-electron chi connectivity index (χ3n) is 3.84. The van der Waals surface area contributed by atoms with Gasteiger partial charge in [-0.2, -0.15) is 5.43 Å². The number of benzene rings is 1. The van der Waals surface area contributed by atoms with Gasteiger partial charge in [0.1, 0.15) is 5.15 Å². The second-order valence-electron chi connectivity index (χ2n) is 5.72. The molecule has 0 spiro atoms. The van der Waals surface area contributed by atoms with Crippen molar-refractivity contribution in [2.24, 2.45) is 10.1 Å². The number of hydrazone groups is 1. The molecule has 0 atom stereocenters. The van der Waals surface area contributed by atoms with Crippen LogP contribution in [-0.2, 0) is 6.54 Å². The summed E-state index contributed by atoms with van der Waals surface area (Å²) in [5.74, 6) is -0.299. The number of halogens is 1. The second kappa shape index (κ2) is 8.39. The first-order valence-electron chi connectivity index (χ1n) is 8.07. The molecular weight excluding hydrogens is 390 g/mol. The van der Waals surface area contributed by atoms with Crippen LogP contribution in [0.25, 0.3) is 0 Å². The van der Waals surface area contributed by atoms with Gasteiger partial charge in [0.2, 0.25) is 5.84 Å². The van der Waals surface area contributed by atoms with Crippen LogP contribution in [0.2, 0.25) is 5.15 Å². The molecule has 0 saturated heterocycles. The van der Waals surface area contributed by atoms with E-state index in [1.165, 1.54) is 24.3 Å². The molecule has 0 aliphatic carbocycles. The first-order chi connectivity index (χ1) is 13.4. The predicted molar refractivity (Wildman–Crippen MR) is 103 cm³/mol. The molecule has 0 bridgehead atoms. The van der Waals surface area contributed by atoms with Crippen molar-refractivity contribution in [1.82, 2.24) is 9.88 Å². The van der Waals surface area contributed by atoms with E-state index in [1.54, 1.807) is 23.2 Å². The molecule has 11 nitrogen and oxygen atoms in total. The molecule has 0 radical (unpaired) electrons. The lowest BCUT2D eigenvalue weighted by Gasteiger charge is -2.18. The number of pyridine rings is 1. The minimum absolute atomic E-state index is 0.0908. The maximum atomic E-state index is 11.5. The van der Waals surface area contributed by atoms with Crippen molar-refractivity contribution in [3.63, 3.8) is 0 Å². The summed E-state index contributed by atoms with van der Waals surface area (Å²) in [6.45, 7) is 1.27. The van der Waals surface area contributed by atoms with Gasteiger partial charge < -0.3 is 15.0 Å². The molecule has 1 aliphatic heterocycles. The standard InChI is InChI=1S/C16H14ClN7O4/c17-14-6-1-11(9-19-14)10-22-8-7-18-15(22)16(24(27)28)21-20-12-2-4-13(5-3-12)23(25)26/h1-6,9,20H,7-8,10H2/b21-16-. The smallest absolute Gasteiger partial charge is 0.358 e. The Morgan fingerprint density at radius 1 is 1.21 bits per heavy atom. The quantitative estimate of drug-likeness (QED) is 0.257. The van der Waals surface area contributed by atoms with E-state index >= 15 is 0 Å². The van der Waals surface area contributed by atoms with Gasteiger partial charge >= 0.3 is 5.84 Å². The number of nitro groups is 2. The van der Waals surface area contributed by atoms with E-state index in [9.17, 15) is 20.2 Å². The Balaban J connectivity index is 1.76. The first-order valence-corrected chi connectivity index (χ1v) is 8.44. The van der Waals surface area contributed by atoms with Crippen molar-refractivity contribution in [3.05, 3.63) is 73.5 Å². The van der Waals surface area contributed by atoms with Crippen molar-refractivity contribution in [2.45, 2.75) is 6.54 Å². The highest BCUT2D eigenvalue weighted by Gasteiger charge is 2.31. The summed E-state index contributed by atoms with van der Waals surface area (Å²) in [5.41, 5.74) is 3.65. The van der Waals surface area contributed by atoms with Crippen LogP contribution in [0.5, 0.6) is 0 Å². The van der Waals surface area contributed by atoms with E-state index in [1.807, 2.05) is 0 Å². The Labute approximate surface area is 163 Å². The maximum Gasteiger partial charge on any atom is 0.430 e. The average Bonchev–Trinajstić information content (AvgIpc) is 3.12. The number of non-ortho nitro benzene ring substituents is 1. The number of nitrogens with one attached hydrogen (secondary N) is 1. The van der Waals surface area contributed by atoms with E-state index in [2.05, 4.69) is 20.5 Å². The third-order valence-corrected chi connectivity index (χ3v) is 4.06. The topological polar surface area (TPSA) is 139 Å². The molecule has 2 heterocycles. The summed E-state index contributed by atoms with van der Waals surface area (Å²) < 4.78 is 0. The lowest BCUT2D eigenvalue weighted by atomic mass is 10.2. The number of rotatable bonds is 6. The molecule has 12 heteroatoms. The van der Waals surface area contributed by atoms with Crippen molar-refractivity contribution in [3.8, 4) is 0 Å². The minimum atomic E-state index is -0.629. The van der Waals surface area contributed by atoms with Crippen molar-refractivity contribution in [2.75, 3.05) is 18.5 Å². The molecule has 3 rings (SSSR count). The molecule has 28 heavy (non-hydrogen) atoms. The van der Waals surface area contributed by atoms with Crippen molar-refractivity contribution < 1.29 is 9.85 Å². The number of anilines is 1. The van der Waals surface area contributed by atoms with Gasteiger partial charge in [0.15, 0.2) is 0 Å². The van der Waals surface area contributed by atoms with Crippen LogP contribution in [-0.4, -0.2) is 44.5 Å². The number of hydrogen-bond acceptors (Lipinski definition) is 9. The van der Waals surface area contributed by atoms with Crippen LogP contribution in [0, 0.1) is 20.2 Å². The zero-order valence-corrected chi connectivity index (χ0v) is 15.1. The summed E-state index contributed by atoms with van der Waals surface area (Å²) >= 11 is 5.77. The number of aromatic nitrogens is 1. The SMILES string of the molecule is O=[N+]([O-])/C(=N\Nc1ccc([N+](=O)[O-])cc1)C1=NCCN1Cc1ccc(Cl)nc1. The minimum Gasteiger partial charge on any atom is -0.358 e. The Bertz CT molecular complexity index is 944. The van der Waals surface area contributed by atoms with Crippen molar-refractivity contribution in [1.29, 1.82) is 0 Å². The Hall–Kier alpha value is -3.60. The molecule has 144 valence electrons. The summed E-state index contributed by atoms with van der Waals surface area (Å²) in [6, 6.07) is 8.79. The lowest BCUT2D eigenvalue weighted by Crippen LogP contribution is -2.37. The van der Waals surface area contributed by atoms with E-state index in [0.717, 1.165) is 5.56 Å². The number of aliphatic imine (C=N–C) groups is 1. The molecule has 0 amide bonds. The van der Waals surface area contributed by atoms with Gasteiger partial charge in [0, 0.05) is 31.4 Å². The highest BCUT2D eigenvalue weighted by atomic mass is 35.5. The maximum absolute atomic E-state index is 11.5. The summed E-state index contributed by atoms with van der Waals surface area (Å²) in [6.07, 6.45) is 1.59. The van der Waals surface area contributed by atoms with Gasteiger partial charge in [-0.15, -0.1) is 0 Å². The predicted octanol–water partition coefficient (Wildman–Crippen LogP) is 2.56. The zero-order chi connectivity index (χ0) is 20.1. The van der Waals surface area contributed by atoms with Gasteiger partial charge in [-0.25, -0.2) is 4.98 Å². The Morgan fingerprint density at radius 2 is 1.96 bits per heavy atom. The molecule has 1 aromatic carbocycles. The van der Waals surface area contributed by atoms with Crippen LogP contribution in [0.1, 0.15) is 5.56 Å². The molecular formula is C16H14ClN7O4. The lowest BCUT2D eigenvalue weighted by molar-refractivity contribution is -0.384. The van der Waals surface area contributed by atoms with Gasteiger partial charge in [-0.05, 0) is 28.7 Å². The molecule has 1 N–H and O–H groups in total. The highest BCUT2D eigenvalue weighted by molar-refractivity contribution is 6.37. The molecule has 1 aromatic heterocycles. The fourth-order valence-corrected chi connectivity index (χ4v) is 2.63. The molecule has 0 unspecified atom stereocenters. The zero-order valence-electron chi connectivity index (χ0n) is 14.4. The summed E-state index contributed by atoms with van der Waals surface area (Å²) in [4.78, 5) is 30.9. The summed E-state index contributed by atoms with van der Waals surface area (Å²) in [7, 11) is 0. The third kappa shape index (κ3) is 4.57. The van der Waals surface area contributed by atoms with E-state index < -0.39 is 15.7 Å². The van der Waals surface area contributed by atoms with Gasteiger partial charge in [0.05, 0.1) is 22.3 Å². The van der Waals surface area contributed by atoms with Crippen LogP contribution in [0.4, 0.5) is 11.4 Å². The van der Waals surface area contributed by atoms with E-state index in [4.69, 9.17) is 11.6 Å². The molecule has 1 aliphatic rings. The summed E-state index contributed by atoms with van der Waals surface area (Å²) in [5, 5.41) is 26.4. The Kier molecular flexibility index (Phi) is 5.75. The fraction of sp³-hybridized carbons (Fsp3) is 0.188. The number of nitrogens with zero attached hydrogens (tertiary/aromatic N) is 6. The highest BCUT2D eigenvalue weighted by Crippen LogP contribution is 2.16. The van der Waals surface area contributed by atoms with Gasteiger partial charge in [-0.3, -0.25) is 15.1 Å². The first kappa shape index (κ1) is 19.2. The molecule has 0 saturated carbocycles. The van der Waals surface area contributed by atoms with Gasteiger partial charge in [0.25, 0.3) is 5.69 Å². The van der Waals surface area contributed by atoms with E-state index in [-0.39, 0.29) is 11.5 Å². The normalized spacial score (nSPS) is 14.0. The Morgan fingerprint density at radius 3 is 2.57 bits per heavy atom. The molecule has 2 aromatic rings. The monoisotopic (exact) mass is 403 g/mol. The van der Waals surface area contributed by atoms with E-state index in [0.29, 0.717) is 30.5 Å². The number of hydrogen-bond donors (Lipinski definition) is 1. The van der Waals surface area contributed by atoms with Gasteiger partial charge in [-0.1, -0.05) is 17.7 Å². The average molecular weight is 404 g/mol. The number of amidine groups is 2. The van der Waals surface area contributed by atoms with Crippen LogP contribution < -0.4 is 5.43 Å². The largest absolute Gasteiger partial charge is 0.430 e. The van der Waals surface area contributed by atoms with Crippen LogP contribution >= 0.6 is 11.6 Å². The number of nitro benzene ring substituents is 1. The fourth-order valence-electron chi connectivity index (χ4n) is 2.52. The van der Waals surface area contributed by atoms with Crippen LogP contribution in [0.15, 0.2) is 52.7 Å². The molecule has 0 fully saturated rings. The van der Waals surface area contributed by atoms with Crippen LogP contribution in [0.3, 0.4) is 0 Å². The van der Waals surface area contributed by atoms with Crippen molar-refractivity contribution >= 4 is 34.6 Å². The second-order valence-corrected chi connectivity index (χ2v) is 6.11.